The van der Waals surface area contributed by atoms with Crippen molar-refractivity contribution in [2.75, 3.05) is 20.3 Å². The molecule has 3 aromatic carbocycles. The van der Waals surface area contributed by atoms with Crippen LogP contribution in [-0.2, 0) is 0 Å². The number of rotatable bonds is 8. The van der Waals surface area contributed by atoms with Crippen molar-refractivity contribution in [2.24, 2.45) is 0 Å². The van der Waals surface area contributed by atoms with Crippen LogP contribution in [0.1, 0.15) is 18.5 Å². The first-order valence-corrected chi connectivity index (χ1v) is 9.82. The Kier molecular flexibility index (Phi) is 6.91. The van der Waals surface area contributed by atoms with Gasteiger partial charge < -0.3 is 14.8 Å². The minimum Gasteiger partial charge on any atom is -0.496 e. The molecule has 0 radical (unpaired) electrons. The number of benzene rings is 3. The molecule has 3 nitrogen and oxygen atoms in total. The van der Waals surface area contributed by atoms with E-state index in [1.54, 1.807) is 7.11 Å². The van der Waals surface area contributed by atoms with Crippen molar-refractivity contribution in [2.45, 2.75) is 13.0 Å². The molecule has 1 atom stereocenters. The Morgan fingerprint density at radius 1 is 0.926 bits per heavy atom. The SMILES string of the molecule is COc1ccccc1-c1ccc(C(C)NCCOc2ccc(Br)cc2)cc1. The smallest absolute Gasteiger partial charge is 0.126 e. The number of halogens is 1. The van der Waals surface area contributed by atoms with Crippen LogP contribution in [0.5, 0.6) is 11.5 Å². The normalized spacial score (nSPS) is 11.8. The highest BCUT2D eigenvalue weighted by Crippen LogP contribution is 2.30. The van der Waals surface area contributed by atoms with E-state index in [0.717, 1.165) is 33.6 Å². The summed E-state index contributed by atoms with van der Waals surface area (Å²) in [6.45, 7) is 3.58. The van der Waals surface area contributed by atoms with E-state index in [4.69, 9.17) is 9.47 Å². The molecule has 140 valence electrons. The molecule has 0 aliphatic heterocycles. The third-order valence-corrected chi connectivity index (χ3v) is 4.99. The van der Waals surface area contributed by atoms with Crippen LogP contribution < -0.4 is 14.8 Å². The quantitative estimate of drug-likeness (QED) is 0.458. The molecular weight excluding hydrogens is 402 g/mol. The maximum absolute atomic E-state index is 5.75. The van der Waals surface area contributed by atoms with Gasteiger partial charge in [0.1, 0.15) is 18.1 Å². The second-order valence-electron chi connectivity index (χ2n) is 6.30. The highest BCUT2D eigenvalue weighted by atomic mass is 79.9. The first-order valence-electron chi connectivity index (χ1n) is 9.02. The summed E-state index contributed by atoms with van der Waals surface area (Å²) in [5.41, 5.74) is 3.51. The van der Waals surface area contributed by atoms with Crippen LogP contribution in [0.3, 0.4) is 0 Å². The maximum atomic E-state index is 5.75. The summed E-state index contributed by atoms with van der Waals surface area (Å²) in [6, 6.07) is 24.8. The van der Waals surface area contributed by atoms with Crippen molar-refractivity contribution < 1.29 is 9.47 Å². The first kappa shape index (κ1) is 19.5. The van der Waals surface area contributed by atoms with Gasteiger partial charge in [0, 0.05) is 22.6 Å². The van der Waals surface area contributed by atoms with Gasteiger partial charge in [0.15, 0.2) is 0 Å². The standard InChI is InChI=1S/C23H24BrNO2/c1-17(25-15-16-27-21-13-11-20(24)12-14-21)18-7-9-19(10-8-18)22-5-3-4-6-23(22)26-2/h3-14,17,25H,15-16H2,1-2H3. The number of para-hydroxylation sites is 1. The first-order chi connectivity index (χ1) is 13.2. The molecule has 3 aromatic rings. The van der Waals surface area contributed by atoms with Crippen molar-refractivity contribution >= 4 is 15.9 Å². The number of nitrogens with one attached hydrogen (secondary N) is 1. The van der Waals surface area contributed by atoms with Crippen LogP contribution in [0, 0.1) is 0 Å². The Labute approximate surface area is 169 Å². The largest absolute Gasteiger partial charge is 0.496 e. The lowest BCUT2D eigenvalue weighted by atomic mass is 10.0. The van der Waals surface area contributed by atoms with E-state index in [9.17, 15) is 0 Å². The molecule has 0 saturated carbocycles. The lowest BCUT2D eigenvalue weighted by molar-refractivity contribution is 0.307. The summed E-state index contributed by atoms with van der Waals surface area (Å²) >= 11 is 3.43. The number of hydrogen-bond donors (Lipinski definition) is 1. The molecule has 1 unspecified atom stereocenters. The molecule has 0 amide bonds. The second kappa shape index (κ2) is 9.58. The molecule has 0 fully saturated rings. The lowest BCUT2D eigenvalue weighted by Gasteiger charge is -2.16. The van der Waals surface area contributed by atoms with Gasteiger partial charge in [-0.05, 0) is 48.4 Å². The Morgan fingerprint density at radius 3 is 2.33 bits per heavy atom. The van der Waals surface area contributed by atoms with E-state index in [2.05, 4.69) is 58.5 Å². The Morgan fingerprint density at radius 2 is 1.63 bits per heavy atom. The predicted molar refractivity (Wildman–Crippen MR) is 114 cm³/mol. The third kappa shape index (κ3) is 5.34. The van der Waals surface area contributed by atoms with Gasteiger partial charge in [-0.3, -0.25) is 0 Å². The molecule has 0 bridgehead atoms. The van der Waals surface area contributed by atoms with Crippen LogP contribution in [-0.4, -0.2) is 20.3 Å². The minimum absolute atomic E-state index is 0.255. The third-order valence-electron chi connectivity index (χ3n) is 4.46. The fourth-order valence-corrected chi connectivity index (χ4v) is 3.19. The zero-order valence-corrected chi connectivity index (χ0v) is 17.2. The van der Waals surface area contributed by atoms with Gasteiger partial charge in [-0.1, -0.05) is 58.4 Å². The van der Waals surface area contributed by atoms with Gasteiger partial charge in [-0.2, -0.15) is 0 Å². The fraction of sp³-hybridized carbons (Fsp3) is 0.217. The number of ether oxygens (including phenoxy) is 2. The van der Waals surface area contributed by atoms with Gasteiger partial charge >= 0.3 is 0 Å². The monoisotopic (exact) mass is 425 g/mol. The summed E-state index contributed by atoms with van der Waals surface area (Å²) in [7, 11) is 1.70. The summed E-state index contributed by atoms with van der Waals surface area (Å²) < 4.78 is 12.3. The molecule has 0 aliphatic rings. The summed E-state index contributed by atoms with van der Waals surface area (Å²) in [4.78, 5) is 0. The molecule has 3 rings (SSSR count). The average molecular weight is 426 g/mol. The van der Waals surface area contributed by atoms with E-state index < -0.39 is 0 Å². The zero-order valence-electron chi connectivity index (χ0n) is 15.6. The van der Waals surface area contributed by atoms with Gasteiger partial charge in [-0.15, -0.1) is 0 Å². The van der Waals surface area contributed by atoms with E-state index in [1.165, 1.54) is 5.56 Å². The van der Waals surface area contributed by atoms with Gasteiger partial charge in [0.25, 0.3) is 0 Å². The molecule has 0 aromatic heterocycles. The van der Waals surface area contributed by atoms with Gasteiger partial charge in [0.05, 0.1) is 7.11 Å². The molecule has 27 heavy (non-hydrogen) atoms. The second-order valence-corrected chi connectivity index (χ2v) is 7.22. The van der Waals surface area contributed by atoms with Crippen molar-refractivity contribution in [1.29, 1.82) is 0 Å². The highest BCUT2D eigenvalue weighted by Gasteiger charge is 2.08. The number of methoxy groups -OCH3 is 1. The molecule has 0 aliphatic carbocycles. The summed E-state index contributed by atoms with van der Waals surface area (Å²) in [5, 5.41) is 3.50. The zero-order chi connectivity index (χ0) is 19.1. The van der Waals surface area contributed by atoms with E-state index in [-0.39, 0.29) is 6.04 Å². The lowest BCUT2D eigenvalue weighted by Crippen LogP contribution is -2.24. The fourth-order valence-electron chi connectivity index (χ4n) is 2.93. The van der Waals surface area contributed by atoms with Crippen LogP contribution in [0.25, 0.3) is 11.1 Å². The molecule has 0 heterocycles. The van der Waals surface area contributed by atoms with Crippen molar-refractivity contribution in [3.05, 3.63) is 82.8 Å². The van der Waals surface area contributed by atoms with Crippen molar-refractivity contribution in [1.82, 2.24) is 5.32 Å². The van der Waals surface area contributed by atoms with E-state index >= 15 is 0 Å². The van der Waals surface area contributed by atoms with E-state index in [0.29, 0.717) is 6.61 Å². The maximum Gasteiger partial charge on any atom is 0.126 e. The van der Waals surface area contributed by atoms with Crippen LogP contribution >= 0.6 is 15.9 Å². The Bertz CT molecular complexity index is 847. The van der Waals surface area contributed by atoms with Crippen molar-refractivity contribution in [3.63, 3.8) is 0 Å². The predicted octanol–water partition coefficient (Wildman–Crippen LogP) is 5.85. The van der Waals surface area contributed by atoms with Gasteiger partial charge in [-0.25, -0.2) is 0 Å². The molecule has 0 spiro atoms. The average Bonchev–Trinajstić information content (AvgIpc) is 2.72. The molecular formula is C23H24BrNO2. The minimum atomic E-state index is 0.255. The Hall–Kier alpha value is -2.30. The molecule has 1 N–H and O–H groups in total. The Balaban J connectivity index is 1.53. The van der Waals surface area contributed by atoms with Crippen LogP contribution in [0.2, 0.25) is 0 Å². The topological polar surface area (TPSA) is 30.5 Å². The summed E-state index contributed by atoms with van der Waals surface area (Å²) in [6.07, 6.45) is 0. The summed E-state index contributed by atoms with van der Waals surface area (Å²) in [5.74, 6) is 1.77. The van der Waals surface area contributed by atoms with E-state index in [1.807, 2.05) is 42.5 Å². The van der Waals surface area contributed by atoms with Crippen LogP contribution in [0.15, 0.2) is 77.3 Å². The number of hydrogen-bond acceptors (Lipinski definition) is 3. The van der Waals surface area contributed by atoms with Crippen molar-refractivity contribution in [3.8, 4) is 22.6 Å². The molecule has 4 heteroatoms. The van der Waals surface area contributed by atoms with Crippen LogP contribution in [0.4, 0.5) is 0 Å². The highest BCUT2D eigenvalue weighted by molar-refractivity contribution is 9.10. The molecule has 0 saturated heterocycles. The van der Waals surface area contributed by atoms with Gasteiger partial charge in [0.2, 0.25) is 0 Å².